The zero-order valence-electron chi connectivity index (χ0n) is 20.6. The normalized spacial score (nSPS) is 14.1. The van der Waals surface area contributed by atoms with Crippen LogP contribution in [0.1, 0.15) is 115 Å². The van der Waals surface area contributed by atoms with Crippen LogP contribution >= 0.6 is 15.9 Å². The molecular formula is C26H41BrO4. The van der Waals surface area contributed by atoms with Crippen molar-refractivity contribution in [2.75, 3.05) is 0 Å². The van der Waals surface area contributed by atoms with Gasteiger partial charge in [0.05, 0.1) is 11.1 Å². The van der Waals surface area contributed by atoms with Crippen LogP contribution in [0.15, 0.2) is 22.7 Å². The zero-order chi connectivity index (χ0) is 23.8. The molecule has 0 fully saturated rings. The summed E-state index contributed by atoms with van der Waals surface area (Å²) in [6.45, 7) is 16.6. The Morgan fingerprint density at radius 1 is 0.839 bits per heavy atom. The predicted octanol–water partition coefficient (Wildman–Crippen LogP) is 7.97. The summed E-state index contributed by atoms with van der Waals surface area (Å²) in [6, 6.07) is 5.14. The maximum absolute atomic E-state index is 13.2. The Labute approximate surface area is 197 Å². The second kappa shape index (κ2) is 12.0. The fourth-order valence-corrected chi connectivity index (χ4v) is 3.93. The number of carbonyl (C=O) groups is 2. The Balaban J connectivity index is 3.19. The smallest absolute Gasteiger partial charge is 0.340 e. The lowest BCUT2D eigenvalue weighted by atomic mass is 9.86. The molecule has 1 rings (SSSR count). The fraction of sp³-hybridized carbons (Fsp3) is 0.692. The van der Waals surface area contributed by atoms with Crippen LogP contribution in [0.4, 0.5) is 0 Å². The van der Waals surface area contributed by atoms with E-state index in [-0.39, 0.29) is 34.2 Å². The first-order valence-electron chi connectivity index (χ1n) is 11.5. The van der Waals surface area contributed by atoms with E-state index in [0.717, 1.165) is 38.5 Å². The summed E-state index contributed by atoms with van der Waals surface area (Å²) in [5.74, 6) is -0.971. The third kappa shape index (κ3) is 8.59. The highest BCUT2D eigenvalue weighted by Gasteiger charge is 2.33. The molecule has 0 heterocycles. The Bertz CT molecular complexity index is 728. The molecule has 0 aliphatic heterocycles. The summed E-state index contributed by atoms with van der Waals surface area (Å²) in [4.78, 5) is 26.4. The van der Waals surface area contributed by atoms with Gasteiger partial charge in [0.1, 0.15) is 12.2 Å². The van der Waals surface area contributed by atoms with Gasteiger partial charge in [0.2, 0.25) is 0 Å². The Kier molecular flexibility index (Phi) is 10.7. The van der Waals surface area contributed by atoms with Crippen LogP contribution in [0, 0.1) is 10.8 Å². The average molecular weight is 498 g/mol. The first kappa shape index (κ1) is 27.7. The molecule has 31 heavy (non-hydrogen) atoms. The van der Waals surface area contributed by atoms with Crippen LogP contribution in [0.25, 0.3) is 0 Å². The fourth-order valence-electron chi connectivity index (χ4n) is 3.40. The van der Waals surface area contributed by atoms with Crippen LogP contribution in [0.3, 0.4) is 0 Å². The molecule has 0 radical (unpaired) electrons. The van der Waals surface area contributed by atoms with E-state index < -0.39 is 11.9 Å². The summed E-state index contributed by atoms with van der Waals surface area (Å²) < 4.78 is 12.4. The SMILES string of the molecule is CCCCC(OC(=O)c1cccc(Br)c1C(=O)OC(CCCC)C(C)(C)C)C(C)(C)C. The highest BCUT2D eigenvalue weighted by molar-refractivity contribution is 9.10. The van der Waals surface area contributed by atoms with Gasteiger partial charge >= 0.3 is 11.9 Å². The molecule has 2 unspecified atom stereocenters. The van der Waals surface area contributed by atoms with Crippen molar-refractivity contribution < 1.29 is 19.1 Å². The molecule has 0 aliphatic rings. The zero-order valence-corrected chi connectivity index (χ0v) is 22.2. The molecule has 176 valence electrons. The van der Waals surface area contributed by atoms with Crippen LogP contribution in [0.5, 0.6) is 0 Å². The van der Waals surface area contributed by atoms with E-state index in [1.54, 1.807) is 18.2 Å². The van der Waals surface area contributed by atoms with Gasteiger partial charge in [-0.15, -0.1) is 0 Å². The molecule has 0 amide bonds. The first-order chi connectivity index (χ1) is 14.3. The van der Waals surface area contributed by atoms with Crippen molar-refractivity contribution in [2.45, 2.75) is 106 Å². The number of carbonyl (C=O) groups excluding carboxylic acids is 2. The quantitative estimate of drug-likeness (QED) is 0.308. The van der Waals surface area contributed by atoms with Crippen LogP contribution in [-0.4, -0.2) is 24.1 Å². The summed E-state index contributed by atoms with van der Waals surface area (Å²) in [7, 11) is 0. The molecule has 2 atom stereocenters. The maximum Gasteiger partial charge on any atom is 0.340 e. The second-order valence-electron chi connectivity index (χ2n) is 10.5. The second-order valence-corrected chi connectivity index (χ2v) is 11.3. The van der Waals surface area contributed by atoms with E-state index in [2.05, 4.69) is 71.3 Å². The molecule has 0 saturated carbocycles. The minimum atomic E-state index is -0.490. The number of unbranched alkanes of at least 4 members (excludes halogenated alkanes) is 2. The van der Waals surface area contributed by atoms with E-state index in [0.29, 0.717) is 4.47 Å². The third-order valence-electron chi connectivity index (χ3n) is 5.51. The summed E-state index contributed by atoms with van der Waals surface area (Å²) in [6.07, 6.45) is 5.14. The molecule has 0 saturated heterocycles. The molecule has 0 bridgehead atoms. The monoisotopic (exact) mass is 496 g/mol. The molecule has 0 N–H and O–H groups in total. The number of esters is 2. The predicted molar refractivity (Wildman–Crippen MR) is 131 cm³/mol. The number of rotatable bonds is 10. The standard InChI is InChI=1S/C26H41BrO4/c1-9-11-16-20(25(3,4)5)30-23(28)18-14-13-15-19(27)22(18)24(29)31-21(17-12-10-2)26(6,7)8/h13-15,20-21H,9-12,16-17H2,1-8H3. The van der Waals surface area contributed by atoms with Gasteiger partial charge in [0.25, 0.3) is 0 Å². The number of hydrogen-bond donors (Lipinski definition) is 0. The summed E-state index contributed by atoms with van der Waals surface area (Å²) in [5, 5.41) is 0. The van der Waals surface area contributed by atoms with Crippen molar-refractivity contribution in [3.05, 3.63) is 33.8 Å². The molecule has 0 aromatic heterocycles. The molecular weight excluding hydrogens is 456 g/mol. The number of hydrogen-bond acceptors (Lipinski definition) is 4. The largest absolute Gasteiger partial charge is 0.458 e. The number of ether oxygens (including phenoxy) is 2. The Hall–Kier alpha value is -1.36. The van der Waals surface area contributed by atoms with Gasteiger partial charge in [-0.2, -0.15) is 0 Å². The van der Waals surface area contributed by atoms with Crippen molar-refractivity contribution in [1.82, 2.24) is 0 Å². The number of benzene rings is 1. The highest BCUT2D eigenvalue weighted by Crippen LogP contribution is 2.31. The van der Waals surface area contributed by atoms with Gasteiger partial charge in [0, 0.05) is 4.47 Å². The third-order valence-corrected chi connectivity index (χ3v) is 6.17. The Morgan fingerprint density at radius 3 is 1.71 bits per heavy atom. The summed E-state index contributed by atoms with van der Waals surface area (Å²) in [5.41, 5.74) is 0.105. The van der Waals surface area contributed by atoms with Gasteiger partial charge < -0.3 is 9.47 Å². The van der Waals surface area contributed by atoms with Crippen molar-refractivity contribution >= 4 is 27.9 Å². The van der Waals surface area contributed by atoms with Gasteiger partial charge in [-0.3, -0.25) is 0 Å². The molecule has 1 aromatic rings. The highest BCUT2D eigenvalue weighted by atomic mass is 79.9. The molecule has 5 heteroatoms. The molecule has 0 spiro atoms. The van der Waals surface area contributed by atoms with E-state index in [1.807, 2.05) is 0 Å². The minimum Gasteiger partial charge on any atom is -0.458 e. The Morgan fingerprint density at radius 2 is 1.29 bits per heavy atom. The van der Waals surface area contributed by atoms with Crippen LogP contribution in [0.2, 0.25) is 0 Å². The molecule has 1 aromatic carbocycles. The average Bonchev–Trinajstić information content (AvgIpc) is 2.65. The lowest BCUT2D eigenvalue weighted by molar-refractivity contribution is -0.0106. The van der Waals surface area contributed by atoms with Crippen molar-refractivity contribution in [3.8, 4) is 0 Å². The van der Waals surface area contributed by atoms with Crippen LogP contribution < -0.4 is 0 Å². The van der Waals surface area contributed by atoms with Gasteiger partial charge in [0.15, 0.2) is 0 Å². The van der Waals surface area contributed by atoms with E-state index in [1.165, 1.54) is 0 Å². The topological polar surface area (TPSA) is 52.6 Å². The lowest BCUT2D eigenvalue weighted by Crippen LogP contribution is -2.34. The van der Waals surface area contributed by atoms with Crippen molar-refractivity contribution in [2.24, 2.45) is 10.8 Å². The summed E-state index contributed by atoms with van der Waals surface area (Å²) >= 11 is 3.45. The van der Waals surface area contributed by atoms with Crippen molar-refractivity contribution in [1.29, 1.82) is 0 Å². The van der Waals surface area contributed by atoms with Gasteiger partial charge in [-0.25, -0.2) is 9.59 Å². The molecule has 0 aliphatic carbocycles. The first-order valence-corrected chi connectivity index (χ1v) is 12.3. The van der Waals surface area contributed by atoms with E-state index >= 15 is 0 Å². The molecule has 4 nitrogen and oxygen atoms in total. The maximum atomic E-state index is 13.2. The van der Waals surface area contributed by atoms with E-state index in [4.69, 9.17) is 9.47 Å². The number of halogens is 1. The van der Waals surface area contributed by atoms with Gasteiger partial charge in [-0.05, 0) is 51.7 Å². The van der Waals surface area contributed by atoms with Crippen LogP contribution in [-0.2, 0) is 9.47 Å². The van der Waals surface area contributed by atoms with Crippen molar-refractivity contribution in [3.63, 3.8) is 0 Å². The van der Waals surface area contributed by atoms with E-state index in [9.17, 15) is 9.59 Å². The minimum absolute atomic E-state index is 0.186. The van der Waals surface area contributed by atoms with Gasteiger partial charge in [-0.1, -0.05) is 87.1 Å². The lowest BCUT2D eigenvalue weighted by Gasteiger charge is -2.31.